The number of aliphatic hydroxyl groups excluding tert-OH is 1. The summed E-state index contributed by atoms with van der Waals surface area (Å²) in [6.07, 6.45) is -0.391. The van der Waals surface area contributed by atoms with Crippen LogP contribution in [0.25, 0.3) is 0 Å². The molecule has 114 valence electrons. The fourth-order valence-electron chi connectivity index (χ4n) is 2.17. The zero-order valence-electron chi connectivity index (χ0n) is 11.7. The molecule has 0 aliphatic carbocycles. The molecule has 0 spiro atoms. The fourth-order valence-corrected chi connectivity index (χ4v) is 2.91. The van der Waals surface area contributed by atoms with E-state index in [9.17, 15) is 14.7 Å². The van der Waals surface area contributed by atoms with Crippen LogP contribution in [0, 0.1) is 5.92 Å². The molecule has 1 amide bonds. The van der Waals surface area contributed by atoms with Crippen LogP contribution in [0.3, 0.4) is 0 Å². The van der Waals surface area contributed by atoms with Crippen molar-refractivity contribution < 1.29 is 14.7 Å². The van der Waals surface area contributed by atoms with Gasteiger partial charge in [0.15, 0.2) is 5.78 Å². The summed E-state index contributed by atoms with van der Waals surface area (Å²) in [5.41, 5.74) is 0.672. The van der Waals surface area contributed by atoms with Gasteiger partial charge in [0.25, 0.3) is 0 Å². The van der Waals surface area contributed by atoms with E-state index in [0.717, 1.165) is 6.54 Å². The van der Waals surface area contributed by atoms with Crippen LogP contribution >= 0.6 is 11.8 Å². The Labute approximate surface area is 128 Å². The van der Waals surface area contributed by atoms with Gasteiger partial charge >= 0.3 is 0 Å². The predicted molar refractivity (Wildman–Crippen MR) is 83.5 cm³/mol. The zero-order chi connectivity index (χ0) is 15.1. The van der Waals surface area contributed by atoms with Crippen LogP contribution in [0.1, 0.15) is 10.4 Å². The van der Waals surface area contributed by atoms with Gasteiger partial charge in [0.1, 0.15) is 0 Å². The second kappa shape index (κ2) is 8.17. The summed E-state index contributed by atoms with van der Waals surface area (Å²) in [6.45, 7) is 1.78. The maximum atomic E-state index is 11.8. The van der Waals surface area contributed by atoms with Gasteiger partial charge in [-0.05, 0) is 0 Å². The monoisotopic (exact) mass is 308 g/mol. The van der Waals surface area contributed by atoms with E-state index >= 15 is 0 Å². The Kier molecular flexibility index (Phi) is 6.22. The molecule has 3 N–H and O–H groups in total. The van der Waals surface area contributed by atoms with Crippen molar-refractivity contribution in [2.24, 2.45) is 5.92 Å². The van der Waals surface area contributed by atoms with E-state index < -0.39 is 6.10 Å². The Balaban J connectivity index is 1.62. The molecule has 0 bridgehead atoms. The Morgan fingerprint density at radius 2 is 2.00 bits per heavy atom. The van der Waals surface area contributed by atoms with E-state index in [1.165, 1.54) is 11.8 Å². The molecule has 1 aliphatic rings. The molecular formula is C15H20N2O3S. The number of β-amino-alcohol motifs (C(OH)–C–C–N with tert-alkyl or cyclic N) is 1. The van der Waals surface area contributed by atoms with E-state index in [-0.39, 0.29) is 23.4 Å². The van der Waals surface area contributed by atoms with Gasteiger partial charge in [-0.15, -0.1) is 11.8 Å². The number of hydrogen-bond acceptors (Lipinski definition) is 5. The molecular weight excluding hydrogens is 288 g/mol. The van der Waals surface area contributed by atoms with Crippen LogP contribution < -0.4 is 10.6 Å². The third-order valence-electron chi connectivity index (χ3n) is 3.43. The quantitative estimate of drug-likeness (QED) is 0.632. The highest BCUT2D eigenvalue weighted by atomic mass is 32.2. The number of ketones is 1. The van der Waals surface area contributed by atoms with Crippen molar-refractivity contribution >= 4 is 23.5 Å². The van der Waals surface area contributed by atoms with Crippen molar-refractivity contribution in [1.82, 2.24) is 10.6 Å². The average molecular weight is 308 g/mol. The van der Waals surface area contributed by atoms with E-state index in [1.807, 2.05) is 18.2 Å². The highest BCUT2D eigenvalue weighted by Gasteiger charge is 2.24. The SMILES string of the molecule is O=C(CSCC(=O)c1ccccc1)NCC1CNCC1O. The van der Waals surface area contributed by atoms with E-state index in [0.29, 0.717) is 24.4 Å². The number of hydrogen-bond donors (Lipinski definition) is 3. The number of benzene rings is 1. The number of aliphatic hydroxyl groups is 1. The summed E-state index contributed by atoms with van der Waals surface area (Å²) in [7, 11) is 0. The van der Waals surface area contributed by atoms with Crippen LogP contribution in [-0.2, 0) is 4.79 Å². The summed E-state index contributed by atoms with van der Waals surface area (Å²) in [5.74, 6) is 0.563. The highest BCUT2D eigenvalue weighted by molar-refractivity contribution is 8.00. The molecule has 1 fully saturated rings. The smallest absolute Gasteiger partial charge is 0.230 e. The van der Waals surface area contributed by atoms with Crippen molar-refractivity contribution in [3.05, 3.63) is 35.9 Å². The topological polar surface area (TPSA) is 78.4 Å². The Morgan fingerprint density at radius 1 is 1.24 bits per heavy atom. The molecule has 5 nitrogen and oxygen atoms in total. The van der Waals surface area contributed by atoms with Crippen LogP contribution in [0.2, 0.25) is 0 Å². The van der Waals surface area contributed by atoms with Gasteiger partial charge in [0, 0.05) is 31.1 Å². The molecule has 1 saturated heterocycles. The molecule has 21 heavy (non-hydrogen) atoms. The zero-order valence-corrected chi connectivity index (χ0v) is 12.6. The van der Waals surface area contributed by atoms with Gasteiger partial charge in [-0.3, -0.25) is 9.59 Å². The first-order chi connectivity index (χ1) is 10.2. The van der Waals surface area contributed by atoms with Crippen molar-refractivity contribution in [3.8, 4) is 0 Å². The summed E-state index contributed by atoms with van der Waals surface area (Å²) >= 11 is 1.31. The first-order valence-electron chi connectivity index (χ1n) is 6.98. The second-order valence-electron chi connectivity index (χ2n) is 5.07. The summed E-state index contributed by atoms with van der Waals surface area (Å²) in [5, 5.41) is 15.5. The van der Waals surface area contributed by atoms with Crippen LogP contribution in [0.5, 0.6) is 0 Å². The summed E-state index contributed by atoms with van der Waals surface area (Å²) < 4.78 is 0. The van der Waals surface area contributed by atoms with Crippen LogP contribution in [0.15, 0.2) is 30.3 Å². The molecule has 2 rings (SSSR count). The van der Waals surface area contributed by atoms with Crippen molar-refractivity contribution in [1.29, 1.82) is 0 Å². The first-order valence-corrected chi connectivity index (χ1v) is 8.14. The first kappa shape index (κ1) is 16.0. The van der Waals surface area contributed by atoms with Crippen molar-refractivity contribution in [3.63, 3.8) is 0 Å². The van der Waals surface area contributed by atoms with Crippen molar-refractivity contribution in [2.75, 3.05) is 31.1 Å². The molecule has 2 unspecified atom stereocenters. The number of Topliss-reactive ketones (excluding diaryl/α,β-unsaturated/α-hetero) is 1. The Hall–Kier alpha value is -1.37. The lowest BCUT2D eigenvalue weighted by Gasteiger charge is -2.13. The lowest BCUT2D eigenvalue weighted by atomic mass is 10.1. The van der Waals surface area contributed by atoms with Gasteiger partial charge in [-0.25, -0.2) is 0 Å². The van der Waals surface area contributed by atoms with Gasteiger partial charge < -0.3 is 15.7 Å². The molecule has 0 saturated carbocycles. The lowest BCUT2D eigenvalue weighted by Crippen LogP contribution is -2.35. The number of amides is 1. The molecule has 1 aromatic rings. The normalized spacial score (nSPS) is 21.2. The maximum absolute atomic E-state index is 11.8. The van der Waals surface area contributed by atoms with E-state index in [2.05, 4.69) is 10.6 Å². The van der Waals surface area contributed by atoms with Gasteiger partial charge in [-0.2, -0.15) is 0 Å². The fraction of sp³-hybridized carbons (Fsp3) is 0.467. The molecule has 6 heteroatoms. The lowest BCUT2D eigenvalue weighted by molar-refractivity contribution is -0.118. The molecule has 1 aromatic carbocycles. The number of rotatable bonds is 7. The third-order valence-corrected chi connectivity index (χ3v) is 4.36. The molecule has 0 radical (unpaired) electrons. The standard InChI is InChI=1S/C15H20N2O3S/c18-13-8-16-6-12(13)7-17-15(20)10-21-9-14(19)11-4-2-1-3-5-11/h1-5,12-13,16,18H,6-10H2,(H,17,20). The number of thioether (sulfide) groups is 1. The predicted octanol–water partition coefficient (Wildman–Crippen LogP) is 0.299. The summed E-state index contributed by atoms with van der Waals surface area (Å²) in [6, 6.07) is 9.07. The summed E-state index contributed by atoms with van der Waals surface area (Å²) in [4.78, 5) is 23.5. The molecule has 2 atom stereocenters. The minimum atomic E-state index is -0.391. The minimum Gasteiger partial charge on any atom is -0.391 e. The second-order valence-corrected chi connectivity index (χ2v) is 6.06. The largest absolute Gasteiger partial charge is 0.391 e. The molecule has 1 aliphatic heterocycles. The number of carbonyl (C=O) groups excluding carboxylic acids is 2. The highest BCUT2D eigenvalue weighted by Crippen LogP contribution is 2.09. The van der Waals surface area contributed by atoms with E-state index in [1.54, 1.807) is 12.1 Å². The minimum absolute atomic E-state index is 0.0313. The average Bonchev–Trinajstić information content (AvgIpc) is 2.91. The number of nitrogens with one attached hydrogen (secondary N) is 2. The van der Waals surface area contributed by atoms with Gasteiger partial charge in [-0.1, -0.05) is 30.3 Å². The molecule has 1 heterocycles. The van der Waals surface area contributed by atoms with Crippen molar-refractivity contribution in [2.45, 2.75) is 6.10 Å². The van der Waals surface area contributed by atoms with Crippen LogP contribution in [-0.4, -0.2) is 54.0 Å². The Morgan fingerprint density at radius 3 is 2.67 bits per heavy atom. The van der Waals surface area contributed by atoms with Gasteiger partial charge in [0.2, 0.25) is 5.91 Å². The van der Waals surface area contributed by atoms with Crippen LogP contribution in [0.4, 0.5) is 0 Å². The third kappa shape index (κ3) is 5.15. The molecule has 0 aromatic heterocycles. The maximum Gasteiger partial charge on any atom is 0.230 e. The van der Waals surface area contributed by atoms with Gasteiger partial charge in [0.05, 0.1) is 17.6 Å². The Bertz CT molecular complexity index is 481. The van der Waals surface area contributed by atoms with E-state index in [4.69, 9.17) is 0 Å². The number of carbonyl (C=O) groups is 2.